The van der Waals surface area contributed by atoms with Gasteiger partial charge in [-0.25, -0.2) is 4.68 Å². The fourth-order valence-corrected chi connectivity index (χ4v) is 2.76. The number of halogens is 1. The van der Waals surface area contributed by atoms with E-state index in [0.717, 1.165) is 28.1 Å². The van der Waals surface area contributed by atoms with Gasteiger partial charge in [0.25, 0.3) is 0 Å². The maximum absolute atomic E-state index is 6.16. The van der Waals surface area contributed by atoms with Crippen molar-refractivity contribution in [3.8, 4) is 0 Å². The first-order chi connectivity index (χ1) is 8.87. The topological polar surface area (TPSA) is 27.1 Å². The number of ether oxygens (including phenoxy) is 1. The van der Waals surface area contributed by atoms with Crippen molar-refractivity contribution in [2.45, 2.75) is 39.3 Å². The van der Waals surface area contributed by atoms with E-state index in [-0.39, 0.29) is 0 Å². The van der Waals surface area contributed by atoms with Gasteiger partial charge in [0, 0.05) is 25.1 Å². The van der Waals surface area contributed by atoms with E-state index in [1.807, 2.05) is 23.9 Å². The lowest BCUT2D eigenvalue weighted by molar-refractivity contribution is 0.0817. The fraction of sp³-hybridized carbons (Fsp3) is 0.500. The molecule has 0 aliphatic carbocycles. The standard InChI is InChI=1S/C14H21ClN2OSi/c1-11-7-12-9-16-17(14(12)8-13(11)15)10-18-5-6-19(2,3)4/h7-9H,5-6,10H2,1-4H3. The van der Waals surface area contributed by atoms with E-state index in [0.29, 0.717) is 6.73 Å². The Labute approximate surface area is 120 Å². The second-order valence-corrected chi connectivity index (χ2v) is 12.2. The van der Waals surface area contributed by atoms with Gasteiger partial charge in [0.05, 0.1) is 11.7 Å². The molecule has 0 aliphatic rings. The third-order valence-corrected chi connectivity index (χ3v) is 5.24. The highest BCUT2D eigenvalue weighted by molar-refractivity contribution is 6.76. The smallest absolute Gasteiger partial charge is 0.139 e. The van der Waals surface area contributed by atoms with Crippen molar-refractivity contribution in [3.63, 3.8) is 0 Å². The van der Waals surface area contributed by atoms with E-state index in [9.17, 15) is 0 Å². The summed E-state index contributed by atoms with van der Waals surface area (Å²) in [4.78, 5) is 0. The molecular weight excluding hydrogens is 276 g/mol. The van der Waals surface area contributed by atoms with Gasteiger partial charge >= 0.3 is 0 Å². The van der Waals surface area contributed by atoms with Crippen LogP contribution in [0.25, 0.3) is 10.9 Å². The quantitative estimate of drug-likeness (QED) is 0.607. The summed E-state index contributed by atoms with van der Waals surface area (Å²) in [6.07, 6.45) is 1.86. The Bertz CT molecular complexity index is 575. The summed E-state index contributed by atoms with van der Waals surface area (Å²) in [7, 11) is -1.03. The molecule has 2 rings (SSSR count). The van der Waals surface area contributed by atoms with Crippen molar-refractivity contribution in [2.75, 3.05) is 6.61 Å². The number of aryl methyl sites for hydroxylation is 1. The van der Waals surface area contributed by atoms with Crippen molar-refractivity contribution in [1.29, 1.82) is 0 Å². The van der Waals surface area contributed by atoms with Gasteiger partial charge in [0.1, 0.15) is 6.73 Å². The molecule has 3 nitrogen and oxygen atoms in total. The predicted octanol–water partition coefficient (Wildman–Crippen LogP) is 4.31. The minimum absolute atomic E-state index is 0.493. The van der Waals surface area contributed by atoms with Crippen LogP contribution in [0.15, 0.2) is 18.3 Å². The zero-order valence-electron chi connectivity index (χ0n) is 12.0. The first-order valence-corrected chi connectivity index (χ1v) is 10.6. The van der Waals surface area contributed by atoms with Crippen LogP contribution in [0, 0.1) is 6.92 Å². The molecule has 19 heavy (non-hydrogen) atoms. The van der Waals surface area contributed by atoms with E-state index >= 15 is 0 Å². The Hall–Kier alpha value is -0.843. The summed E-state index contributed by atoms with van der Waals surface area (Å²) in [5, 5.41) is 6.24. The van der Waals surface area contributed by atoms with Crippen LogP contribution in [0.5, 0.6) is 0 Å². The molecule has 0 saturated carbocycles. The Morgan fingerprint density at radius 3 is 2.74 bits per heavy atom. The van der Waals surface area contributed by atoms with E-state index in [1.165, 1.54) is 6.04 Å². The minimum Gasteiger partial charge on any atom is -0.360 e. The molecule has 0 unspecified atom stereocenters. The Balaban J connectivity index is 2.03. The van der Waals surface area contributed by atoms with Gasteiger partial charge in [-0.15, -0.1) is 0 Å². The summed E-state index contributed by atoms with van der Waals surface area (Å²) in [5.74, 6) is 0. The number of hydrogen-bond acceptors (Lipinski definition) is 2. The van der Waals surface area contributed by atoms with Crippen molar-refractivity contribution in [3.05, 3.63) is 28.9 Å². The molecule has 0 bridgehead atoms. The lowest BCUT2D eigenvalue weighted by atomic mass is 10.2. The van der Waals surface area contributed by atoms with Gasteiger partial charge < -0.3 is 4.74 Å². The highest BCUT2D eigenvalue weighted by atomic mass is 35.5. The lowest BCUT2D eigenvalue weighted by Gasteiger charge is -2.15. The molecular formula is C14H21ClN2OSi. The van der Waals surface area contributed by atoms with Gasteiger partial charge in [-0.3, -0.25) is 0 Å². The zero-order chi connectivity index (χ0) is 14.0. The van der Waals surface area contributed by atoms with Gasteiger partial charge in [-0.05, 0) is 30.7 Å². The molecule has 0 amide bonds. The first-order valence-electron chi connectivity index (χ1n) is 6.56. The normalized spacial score (nSPS) is 12.3. The van der Waals surface area contributed by atoms with Crippen LogP contribution in [-0.2, 0) is 11.5 Å². The molecule has 0 N–H and O–H groups in total. The second kappa shape index (κ2) is 5.65. The summed E-state index contributed by atoms with van der Waals surface area (Å²) in [6.45, 7) is 10.3. The number of fused-ring (bicyclic) bond motifs is 1. The van der Waals surface area contributed by atoms with Crippen molar-refractivity contribution in [2.24, 2.45) is 0 Å². The molecule has 0 saturated heterocycles. The SMILES string of the molecule is Cc1cc2cnn(COCC[Si](C)(C)C)c2cc1Cl. The van der Waals surface area contributed by atoms with Crippen molar-refractivity contribution >= 4 is 30.6 Å². The highest BCUT2D eigenvalue weighted by Crippen LogP contribution is 2.23. The van der Waals surface area contributed by atoms with Crippen LogP contribution >= 0.6 is 11.6 Å². The largest absolute Gasteiger partial charge is 0.360 e. The minimum atomic E-state index is -1.03. The van der Waals surface area contributed by atoms with Crippen LogP contribution in [0.4, 0.5) is 0 Å². The van der Waals surface area contributed by atoms with E-state index in [4.69, 9.17) is 16.3 Å². The molecule has 0 radical (unpaired) electrons. The molecule has 1 heterocycles. The Morgan fingerprint density at radius 2 is 2.05 bits per heavy atom. The average Bonchev–Trinajstić information content (AvgIpc) is 2.67. The average molecular weight is 297 g/mol. The molecule has 0 fully saturated rings. The van der Waals surface area contributed by atoms with Crippen LogP contribution in [-0.4, -0.2) is 24.5 Å². The third kappa shape index (κ3) is 3.81. The number of rotatable bonds is 5. The molecule has 2 aromatic rings. The third-order valence-electron chi connectivity index (χ3n) is 3.13. The monoisotopic (exact) mass is 296 g/mol. The highest BCUT2D eigenvalue weighted by Gasteiger charge is 2.12. The molecule has 0 spiro atoms. The van der Waals surface area contributed by atoms with E-state index in [1.54, 1.807) is 0 Å². The molecule has 0 aliphatic heterocycles. The maximum atomic E-state index is 6.16. The van der Waals surface area contributed by atoms with Crippen LogP contribution in [0.3, 0.4) is 0 Å². The summed E-state index contributed by atoms with van der Waals surface area (Å²) in [5.41, 5.74) is 2.11. The van der Waals surface area contributed by atoms with Gasteiger partial charge in [0.2, 0.25) is 0 Å². The predicted molar refractivity (Wildman–Crippen MR) is 83.6 cm³/mol. The van der Waals surface area contributed by atoms with Crippen LogP contribution < -0.4 is 0 Å². The zero-order valence-corrected chi connectivity index (χ0v) is 13.8. The number of aromatic nitrogens is 2. The Morgan fingerprint density at radius 1 is 1.32 bits per heavy atom. The molecule has 0 atom stereocenters. The summed E-state index contributed by atoms with van der Waals surface area (Å²) >= 11 is 6.16. The summed E-state index contributed by atoms with van der Waals surface area (Å²) in [6, 6.07) is 5.19. The van der Waals surface area contributed by atoms with Crippen molar-refractivity contribution < 1.29 is 4.74 Å². The van der Waals surface area contributed by atoms with Crippen LogP contribution in [0.2, 0.25) is 30.7 Å². The molecule has 1 aromatic heterocycles. The van der Waals surface area contributed by atoms with E-state index in [2.05, 4.69) is 30.8 Å². The molecule has 104 valence electrons. The second-order valence-electron chi connectivity index (χ2n) is 6.15. The van der Waals surface area contributed by atoms with Gasteiger partial charge in [0.15, 0.2) is 0 Å². The van der Waals surface area contributed by atoms with Crippen LogP contribution in [0.1, 0.15) is 5.56 Å². The van der Waals surface area contributed by atoms with E-state index < -0.39 is 8.07 Å². The lowest BCUT2D eigenvalue weighted by Crippen LogP contribution is -2.22. The van der Waals surface area contributed by atoms with Gasteiger partial charge in [-0.2, -0.15) is 5.10 Å². The van der Waals surface area contributed by atoms with Gasteiger partial charge in [-0.1, -0.05) is 31.2 Å². The first kappa shape index (κ1) is 14.6. The number of hydrogen-bond donors (Lipinski definition) is 0. The maximum Gasteiger partial charge on any atom is 0.139 e. The van der Waals surface area contributed by atoms with Crippen molar-refractivity contribution in [1.82, 2.24) is 9.78 Å². The fourth-order valence-electron chi connectivity index (χ4n) is 1.85. The number of nitrogens with zero attached hydrogens (tertiary/aromatic N) is 2. The molecule has 5 heteroatoms. The Kier molecular flexibility index (Phi) is 4.33. The molecule has 1 aromatic carbocycles. The number of benzene rings is 1. The summed E-state index contributed by atoms with van der Waals surface area (Å²) < 4.78 is 7.59.